The Morgan fingerprint density at radius 2 is 2.17 bits per heavy atom. The molecule has 1 aliphatic heterocycles. The largest absolute Gasteiger partial charge is 0.497 e. The van der Waals surface area contributed by atoms with Crippen LogP contribution in [0, 0.1) is 11.3 Å². The maximum Gasteiger partial charge on any atom is 0.263 e. The molecule has 1 aromatic rings. The number of rotatable bonds is 6. The molecule has 2 rings (SSSR count). The summed E-state index contributed by atoms with van der Waals surface area (Å²) in [5.74, 6) is 0.511. The second-order valence-electron chi connectivity index (χ2n) is 6.09. The molecule has 0 saturated carbocycles. The lowest BCUT2D eigenvalue weighted by Gasteiger charge is -2.32. The molecule has 1 unspecified atom stereocenters. The van der Waals surface area contributed by atoms with Gasteiger partial charge >= 0.3 is 0 Å². The molecular formula is C19H25N3O2. The Labute approximate surface area is 143 Å². The molecule has 0 bridgehead atoms. The predicted molar refractivity (Wildman–Crippen MR) is 93.4 cm³/mol. The zero-order valence-electron chi connectivity index (χ0n) is 14.4. The Balaban J connectivity index is 1.86. The second-order valence-corrected chi connectivity index (χ2v) is 6.09. The molecule has 1 N–H and O–H groups in total. The minimum absolute atomic E-state index is 0.179. The average molecular weight is 327 g/mol. The molecule has 1 saturated heterocycles. The molecule has 1 aromatic carbocycles. The number of likely N-dealkylation sites (tertiary alicyclic amines) is 1. The first-order valence-electron chi connectivity index (χ1n) is 8.43. The van der Waals surface area contributed by atoms with E-state index in [0.717, 1.165) is 30.7 Å². The molecule has 1 heterocycles. The van der Waals surface area contributed by atoms with Crippen molar-refractivity contribution in [2.45, 2.75) is 38.6 Å². The molecule has 1 atom stereocenters. The number of nitriles is 1. The summed E-state index contributed by atoms with van der Waals surface area (Å²) in [6.45, 7) is 3.54. The lowest BCUT2D eigenvalue weighted by Crippen LogP contribution is -2.35. The summed E-state index contributed by atoms with van der Waals surface area (Å²) in [5, 5.41) is 12.1. The monoisotopic (exact) mass is 327 g/mol. The number of benzene rings is 1. The van der Waals surface area contributed by atoms with Gasteiger partial charge in [0.15, 0.2) is 0 Å². The Morgan fingerprint density at radius 1 is 1.42 bits per heavy atom. The van der Waals surface area contributed by atoms with Gasteiger partial charge in [0.2, 0.25) is 0 Å². The van der Waals surface area contributed by atoms with E-state index in [2.05, 4.69) is 17.1 Å². The standard InChI is InChI=1S/C19H25N3O2/c1-15-5-3-4-12-22(15)14-17(13-20)19(23)21-11-10-16-6-8-18(24-2)9-7-16/h6-9,14-15H,3-5,10-12H2,1-2H3,(H,21,23)/b17-14-. The average Bonchev–Trinajstić information content (AvgIpc) is 2.61. The fraction of sp³-hybridized carbons (Fsp3) is 0.474. The molecule has 1 amide bonds. The number of carbonyl (C=O) groups is 1. The van der Waals surface area contributed by atoms with E-state index >= 15 is 0 Å². The first-order valence-corrected chi connectivity index (χ1v) is 8.43. The van der Waals surface area contributed by atoms with Gasteiger partial charge in [0.05, 0.1) is 7.11 Å². The van der Waals surface area contributed by atoms with Crippen molar-refractivity contribution < 1.29 is 9.53 Å². The summed E-state index contributed by atoms with van der Waals surface area (Å²) in [6, 6.07) is 10.2. The van der Waals surface area contributed by atoms with Crippen LogP contribution in [0.15, 0.2) is 36.0 Å². The number of hydrogen-bond donors (Lipinski definition) is 1. The van der Waals surface area contributed by atoms with Gasteiger partial charge in [0, 0.05) is 25.3 Å². The number of carbonyl (C=O) groups excluding carboxylic acids is 1. The van der Waals surface area contributed by atoms with Crippen LogP contribution in [0.25, 0.3) is 0 Å². The van der Waals surface area contributed by atoms with Crippen molar-refractivity contribution in [2.24, 2.45) is 0 Å². The molecule has 1 aliphatic rings. The number of hydrogen-bond acceptors (Lipinski definition) is 4. The van der Waals surface area contributed by atoms with Gasteiger partial charge in [-0.05, 0) is 50.3 Å². The molecule has 5 nitrogen and oxygen atoms in total. The van der Waals surface area contributed by atoms with Crippen molar-refractivity contribution in [3.63, 3.8) is 0 Å². The summed E-state index contributed by atoms with van der Waals surface area (Å²) in [5.41, 5.74) is 1.29. The van der Waals surface area contributed by atoms with Gasteiger partial charge in [0.25, 0.3) is 5.91 Å². The van der Waals surface area contributed by atoms with E-state index in [1.807, 2.05) is 30.3 Å². The minimum Gasteiger partial charge on any atom is -0.497 e. The molecule has 5 heteroatoms. The zero-order valence-corrected chi connectivity index (χ0v) is 14.4. The van der Waals surface area contributed by atoms with E-state index in [0.29, 0.717) is 19.0 Å². The van der Waals surface area contributed by atoms with E-state index in [1.165, 1.54) is 6.42 Å². The Bertz CT molecular complexity index is 616. The fourth-order valence-corrected chi connectivity index (χ4v) is 2.82. The smallest absolute Gasteiger partial charge is 0.263 e. The van der Waals surface area contributed by atoms with Crippen LogP contribution in [0.2, 0.25) is 0 Å². The number of methoxy groups -OCH3 is 1. The molecular weight excluding hydrogens is 302 g/mol. The van der Waals surface area contributed by atoms with Gasteiger partial charge in [-0.3, -0.25) is 4.79 Å². The Hall–Kier alpha value is -2.48. The van der Waals surface area contributed by atoms with Gasteiger partial charge in [-0.1, -0.05) is 12.1 Å². The van der Waals surface area contributed by atoms with Crippen LogP contribution < -0.4 is 10.1 Å². The van der Waals surface area contributed by atoms with E-state index in [-0.39, 0.29) is 11.5 Å². The molecule has 0 aliphatic carbocycles. The molecule has 0 aromatic heterocycles. The lowest BCUT2D eigenvalue weighted by atomic mass is 10.0. The van der Waals surface area contributed by atoms with Crippen molar-refractivity contribution >= 4 is 5.91 Å². The molecule has 24 heavy (non-hydrogen) atoms. The number of piperidine rings is 1. The van der Waals surface area contributed by atoms with Crippen molar-refractivity contribution in [1.29, 1.82) is 5.26 Å². The fourth-order valence-electron chi connectivity index (χ4n) is 2.82. The molecule has 0 spiro atoms. The maximum absolute atomic E-state index is 12.2. The quantitative estimate of drug-likeness (QED) is 0.644. The van der Waals surface area contributed by atoms with Gasteiger partial charge in [-0.2, -0.15) is 5.26 Å². The van der Waals surface area contributed by atoms with Gasteiger partial charge in [-0.25, -0.2) is 0 Å². The Morgan fingerprint density at radius 3 is 2.79 bits per heavy atom. The predicted octanol–water partition coefficient (Wildman–Crippen LogP) is 2.64. The highest BCUT2D eigenvalue weighted by atomic mass is 16.5. The van der Waals surface area contributed by atoms with E-state index < -0.39 is 0 Å². The highest BCUT2D eigenvalue weighted by Crippen LogP contribution is 2.17. The van der Waals surface area contributed by atoms with Crippen LogP contribution in [0.4, 0.5) is 0 Å². The SMILES string of the molecule is COc1ccc(CCNC(=O)/C(C#N)=C\N2CCCCC2C)cc1. The van der Waals surface area contributed by atoms with E-state index in [1.54, 1.807) is 13.3 Å². The third-order valence-electron chi connectivity index (χ3n) is 4.37. The second kappa shape index (κ2) is 8.97. The summed E-state index contributed by atoms with van der Waals surface area (Å²) >= 11 is 0. The third kappa shape index (κ3) is 5.02. The first kappa shape index (κ1) is 17.9. The summed E-state index contributed by atoms with van der Waals surface area (Å²) in [6.07, 6.45) is 5.86. The van der Waals surface area contributed by atoms with E-state index in [9.17, 15) is 10.1 Å². The van der Waals surface area contributed by atoms with Crippen molar-refractivity contribution in [1.82, 2.24) is 10.2 Å². The van der Waals surface area contributed by atoms with Crippen molar-refractivity contribution in [2.75, 3.05) is 20.2 Å². The van der Waals surface area contributed by atoms with Crippen molar-refractivity contribution in [3.8, 4) is 11.8 Å². The lowest BCUT2D eigenvalue weighted by molar-refractivity contribution is -0.117. The van der Waals surface area contributed by atoms with E-state index in [4.69, 9.17) is 4.74 Å². The minimum atomic E-state index is -0.302. The van der Waals surface area contributed by atoms with Gasteiger partial charge < -0.3 is 15.0 Å². The number of amides is 1. The number of nitrogens with one attached hydrogen (secondary N) is 1. The van der Waals surface area contributed by atoms with Crippen LogP contribution in [0.3, 0.4) is 0 Å². The maximum atomic E-state index is 12.2. The topological polar surface area (TPSA) is 65.4 Å². The molecule has 1 fully saturated rings. The van der Waals surface area contributed by atoms with Gasteiger partial charge in [0.1, 0.15) is 17.4 Å². The number of ether oxygens (including phenoxy) is 1. The van der Waals surface area contributed by atoms with Crippen LogP contribution in [-0.2, 0) is 11.2 Å². The highest BCUT2D eigenvalue weighted by molar-refractivity contribution is 5.97. The van der Waals surface area contributed by atoms with Crippen LogP contribution in [-0.4, -0.2) is 37.0 Å². The highest BCUT2D eigenvalue weighted by Gasteiger charge is 2.18. The summed E-state index contributed by atoms with van der Waals surface area (Å²) in [7, 11) is 1.63. The molecule has 0 radical (unpaired) electrons. The zero-order chi connectivity index (χ0) is 17.4. The van der Waals surface area contributed by atoms with Crippen LogP contribution in [0.1, 0.15) is 31.7 Å². The normalized spacial score (nSPS) is 18.0. The number of nitrogens with zero attached hydrogens (tertiary/aromatic N) is 2. The third-order valence-corrected chi connectivity index (χ3v) is 4.37. The van der Waals surface area contributed by atoms with Crippen LogP contribution in [0.5, 0.6) is 5.75 Å². The van der Waals surface area contributed by atoms with Crippen LogP contribution >= 0.6 is 0 Å². The van der Waals surface area contributed by atoms with Gasteiger partial charge in [-0.15, -0.1) is 0 Å². The summed E-state index contributed by atoms with van der Waals surface area (Å²) in [4.78, 5) is 14.3. The molecule has 128 valence electrons. The summed E-state index contributed by atoms with van der Waals surface area (Å²) < 4.78 is 5.12. The first-order chi connectivity index (χ1) is 11.6. The Kier molecular flexibility index (Phi) is 6.68. The van der Waals surface area contributed by atoms with Crippen molar-refractivity contribution in [3.05, 3.63) is 41.6 Å².